The first-order valence-corrected chi connectivity index (χ1v) is 47.4. The minimum Gasteiger partial charge on any atom is -0.463 e. The van der Waals surface area contributed by atoms with Crippen LogP contribution in [0.4, 0.5) is 0 Å². The van der Waals surface area contributed by atoms with E-state index >= 15 is 0 Å². The minimum atomic E-state index is -4.94. The van der Waals surface area contributed by atoms with Crippen LogP contribution in [0, 0.1) is 0 Å². The number of carbonyl (C=O) groups excluding carboxylic acids is 3. The maximum Gasteiger partial charge on any atom is 0.472 e. The van der Waals surface area contributed by atoms with Crippen molar-refractivity contribution in [2.75, 3.05) is 39.6 Å². The molecule has 4 N–H and O–H groups in total. The summed E-state index contributed by atoms with van der Waals surface area (Å²) in [5.74, 6) is -1.59. The lowest BCUT2D eigenvalue weighted by atomic mass is 10.0. The number of hydrogen-bond donors (Lipinski definition) is 4. The van der Waals surface area contributed by atoms with Gasteiger partial charge < -0.3 is 34.2 Å². The van der Waals surface area contributed by atoms with Gasteiger partial charge in [-0.3, -0.25) is 32.5 Å². The highest BCUT2D eigenvalue weighted by molar-refractivity contribution is 7.47. The van der Waals surface area contributed by atoms with E-state index in [1.54, 1.807) is 0 Å². The van der Waals surface area contributed by atoms with Crippen LogP contribution in [0.25, 0.3) is 0 Å². The third-order valence-electron chi connectivity index (χ3n) is 18.4. The van der Waals surface area contributed by atoms with Gasteiger partial charge in [0.15, 0.2) is 6.10 Å². The second kappa shape index (κ2) is 86.3. The van der Waals surface area contributed by atoms with E-state index < -0.39 is 91.5 Å². The first-order chi connectivity index (χ1) is 55.2. The molecule has 113 heavy (non-hydrogen) atoms. The molecule has 5 unspecified atom stereocenters. The molecule has 0 bridgehead atoms. The number of esters is 3. The van der Waals surface area contributed by atoms with E-state index in [-0.39, 0.29) is 19.3 Å². The Labute approximate surface area is 688 Å². The van der Waals surface area contributed by atoms with Gasteiger partial charge in [-0.2, -0.15) is 0 Å². The van der Waals surface area contributed by atoms with Crippen LogP contribution in [0.5, 0.6) is 0 Å². The van der Waals surface area contributed by atoms with Crippen LogP contribution >= 0.6 is 15.6 Å². The number of allylic oxidation sites excluding steroid dienone is 28. The Morgan fingerprint density at radius 2 is 0.442 bits per heavy atom. The summed E-state index contributed by atoms with van der Waals surface area (Å²) in [7, 11) is -9.81. The van der Waals surface area contributed by atoms with Gasteiger partial charge in [-0.05, 0) is 148 Å². The van der Waals surface area contributed by atoms with Crippen LogP contribution in [0.15, 0.2) is 170 Å². The summed E-state index contributed by atoms with van der Waals surface area (Å²) in [4.78, 5) is 58.9. The summed E-state index contributed by atoms with van der Waals surface area (Å²) >= 11 is 0. The number of carbonyl (C=O) groups is 3. The molecule has 0 amide bonds. The molecule has 18 heteroatoms. The zero-order valence-corrected chi connectivity index (χ0v) is 72.8. The maximum absolute atomic E-state index is 13.0. The Bertz CT molecular complexity index is 2730. The number of phosphoric ester groups is 2. The predicted octanol–water partition coefficient (Wildman–Crippen LogP) is 27.1. The average molecular weight is 1620 g/mol. The van der Waals surface area contributed by atoms with Gasteiger partial charge in [-0.25, -0.2) is 9.13 Å². The van der Waals surface area contributed by atoms with Gasteiger partial charge in [-0.15, -0.1) is 0 Å². The number of hydrogen-bond acceptors (Lipinski definition) is 14. The van der Waals surface area contributed by atoms with Crippen LogP contribution in [-0.2, 0) is 55.8 Å². The smallest absolute Gasteiger partial charge is 0.463 e. The van der Waals surface area contributed by atoms with Gasteiger partial charge in [0.25, 0.3) is 0 Å². The normalized spacial score (nSPS) is 14.6. The standard InChI is InChI=1S/C95H160O16P2/c1-4-7-10-13-16-19-22-25-28-31-33-35-37-39-41-43-44-46-48-49-51-53-55-58-60-63-66-69-72-75-78-81-93(98)105-84-90(96)85-107-112(101,102)108-86-91(97)87-109-113(103,104)110-89-92(111-95(100)83-80-77-74-71-68-65-62-57-30-27-24-21-18-15-12-9-6-3)88-106-94(99)82-79-76-73-70-67-64-61-59-56-54-52-50-47-45-42-40-38-36-34-32-29-26-23-20-17-14-11-8-5-2/h7-12,16-21,25-30,33-36,39-42,47,50,90-92,96-97H,4-6,13-15,22-24,31-32,37-38,43-46,48-49,51-89H2,1-3H3,(H,101,102)(H,103,104)/b10-7-,11-8-,12-9-,19-16-,20-17-,21-18-,28-25-,29-26-,30-27-,35-33-,36-34-,41-39-,42-40-,50-47-. The van der Waals surface area contributed by atoms with E-state index in [4.69, 9.17) is 32.3 Å². The fraction of sp³-hybridized carbons (Fsp3) is 0.674. The van der Waals surface area contributed by atoms with Gasteiger partial charge in [0.1, 0.15) is 25.4 Å². The van der Waals surface area contributed by atoms with Gasteiger partial charge in [-0.1, -0.05) is 358 Å². The number of rotatable bonds is 83. The van der Waals surface area contributed by atoms with E-state index in [1.807, 2.05) is 0 Å². The lowest BCUT2D eigenvalue weighted by molar-refractivity contribution is -0.161. The first kappa shape index (κ1) is 108. The quantitative estimate of drug-likeness (QED) is 0.0146. The van der Waals surface area contributed by atoms with Crippen LogP contribution in [0.1, 0.15) is 355 Å². The molecule has 5 atom stereocenters. The molecule has 0 heterocycles. The highest BCUT2D eigenvalue weighted by Crippen LogP contribution is 2.45. The molecule has 0 aromatic carbocycles. The average Bonchev–Trinajstić information content (AvgIpc) is 0.897. The summed E-state index contributed by atoms with van der Waals surface area (Å²) < 4.78 is 61.4. The molecule has 16 nitrogen and oxygen atoms in total. The van der Waals surface area contributed by atoms with Crippen molar-refractivity contribution in [2.24, 2.45) is 0 Å². The van der Waals surface area contributed by atoms with Gasteiger partial charge in [0.2, 0.25) is 0 Å². The Morgan fingerprint density at radius 3 is 0.699 bits per heavy atom. The Morgan fingerprint density at radius 1 is 0.248 bits per heavy atom. The molecule has 0 spiro atoms. The van der Waals surface area contributed by atoms with E-state index in [2.05, 4.69) is 191 Å². The summed E-state index contributed by atoms with van der Waals surface area (Å²) in [6.07, 6.45) is 111. The lowest BCUT2D eigenvalue weighted by Gasteiger charge is -2.21. The van der Waals surface area contributed by atoms with E-state index in [1.165, 1.54) is 109 Å². The zero-order chi connectivity index (χ0) is 82.2. The summed E-state index contributed by atoms with van der Waals surface area (Å²) in [5.41, 5.74) is 0. The van der Waals surface area contributed by atoms with Crippen LogP contribution < -0.4 is 0 Å². The third-order valence-corrected chi connectivity index (χ3v) is 20.3. The topological polar surface area (TPSA) is 231 Å². The molecule has 0 saturated heterocycles. The van der Waals surface area contributed by atoms with E-state index in [9.17, 15) is 43.5 Å². The SMILES string of the molecule is CC/C=C\C/C=C\C/C=C\C/C=C\C/C=C\C/C=C\CCCCCCCCCCCCC(=O)OCC(COP(=O)(O)OCC(O)COP(=O)(O)OCC(O)COC(=O)CCCCCCCCCCCCCCCCC/C=C\C/C=C\C/C=C\C/C=C\C/C=C\CC)OC(=O)CCCCCCCCC/C=C\C/C=C\C/C=C\CC. The molecule has 0 saturated carbocycles. The Hall–Kier alpha value is -5.09. The fourth-order valence-corrected chi connectivity index (χ4v) is 13.4. The number of aliphatic hydroxyl groups is 2. The van der Waals surface area contributed by atoms with Crippen LogP contribution in [-0.4, -0.2) is 95.9 Å². The highest BCUT2D eigenvalue weighted by Gasteiger charge is 2.29. The molecule has 0 aliphatic carbocycles. The van der Waals surface area contributed by atoms with Crippen molar-refractivity contribution < 1.29 is 75.8 Å². The van der Waals surface area contributed by atoms with Crippen LogP contribution in [0.2, 0.25) is 0 Å². The highest BCUT2D eigenvalue weighted by atomic mass is 31.2. The molecule has 0 fully saturated rings. The van der Waals surface area contributed by atoms with Crippen molar-refractivity contribution in [1.29, 1.82) is 0 Å². The van der Waals surface area contributed by atoms with Crippen molar-refractivity contribution >= 4 is 33.6 Å². The minimum absolute atomic E-state index is 0.0883. The lowest BCUT2D eigenvalue weighted by Crippen LogP contribution is -2.30. The van der Waals surface area contributed by atoms with Crippen molar-refractivity contribution in [3.63, 3.8) is 0 Å². The molecular formula is C95H160O16P2. The molecule has 0 aliphatic rings. The molecule has 646 valence electrons. The third kappa shape index (κ3) is 87.6. The predicted molar refractivity (Wildman–Crippen MR) is 472 cm³/mol. The molecule has 0 aromatic rings. The van der Waals surface area contributed by atoms with Gasteiger partial charge in [0, 0.05) is 19.3 Å². The summed E-state index contributed by atoms with van der Waals surface area (Å²) in [6, 6.07) is 0. The van der Waals surface area contributed by atoms with Crippen molar-refractivity contribution in [3.05, 3.63) is 170 Å². The zero-order valence-electron chi connectivity index (χ0n) is 71.0. The van der Waals surface area contributed by atoms with Gasteiger partial charge in [0.05, 0.1) is 26.4 Å². The summed E-state index contributed by atoms with van der Waals surface area (Å²) in [5, 5.41) is 20.7. The maximum atomic E-state index is 13.0. The van der Waals surface area contributed by atoms with Crippen molar-refractivity contribution in [3.8, 4) is 0 Å². The van der Waals surface area contributed by atoms with Crippen molar-refractivity contribution in [1.82, 2.24) is 0 Å². The number of ether oxygens (including phenoxy) is 3. The monoisotopic (exact) mass is 1620 g/mol. The molecule has 0 aliphatic heterocycles. The van der Waals surface area contributed by atoms with Crippen molar-refractivity contribution in [2.45, 2.75) is 373 Å². The van der Waals surface area contributed by atoms with Crippen LogP contribution in [0.3, 0.4) is 0 Å². The Kier molecular flexibility index (Phi) is 82.4. The fourth-order valence-electron chi connectivity index (χ4n) is 11.8. The molecule has 0 radical (unpaired) electrons. The van der Waals surface area contributed by atoms with E-state index in [0.717, 1.165) is 186 Å². The number of phosphoric acid groups is 2. The Balaban J connectivity index is 4.54. The molecule has 0 aromatic heterocycles. The largest absolute Gasteiger partial charge is 0.472 e. The summed E-state index contributed by atoms with van der Waals surface area (Å²) in [6.45, 7) is 2.36. The molecule has 0 rings (SSSR count). The number of aliphatic hydroxyl groups excluding tert-OH is 2. The van der Waals surface area contributed by atoms with E-state index in [0.29, 0.717) is 19.3 Å². The molecular weight excluding hydrogens is 1460 g/mol. The second-order valence-electron chi connectivity index (χ2n) is 29.3. The van der Waals surface area contributed by atoms with Gasteiger partial charge >= 0.3 is 33.6 Å². The number of unbranched alkanes of at least 4 members (excludes halogenated alkanes) is 32. The second-order valence-corrected chi connectivity index (χ2v) is 32.2. The first-order valence-electron chi connectivity index (χ1n) is 44.4.